The summed E-state index contributed by atoms with van der Waals surface area (Å²) in [5.41, 5.74) is -0.604. The summed E-state index contributed by atoms with van der Waals surface area (Å²) in [6.07, 6.45) is -2.23. The molecular formula is C20H16F3IO7. The number of rotatable bonds is 8. The number of hydrogen-bond acceptors (Lipinski definition) is 7. The van der Waals surface area contributed by atoms with Gasteiger partial charge in [-0.25, -0.2) is 0 Å². The van der Waals surface area contributed by atoms with Crippen molar-refractivity contribution in [2.24, 2.45) is 0 Å². The van der Waals surface area contributed by atoms with Crippen molar-refractivity contribution in [2.45, 2.75) is 12.1 Å². The molecule has 2 aromatic carbocycles. The fraction of sp³-hybridized carbons (Fsp3) is 0.200. The van der Waals surface area contributed by atoms with Crippen LogP contribution in [-0.2, 0) is 11.0 Å². The molecule has 31 heavy (non-hydrogen) atoms. The van der Waals surface area contributed by atoms with Gasteiger partial charge in [0.15, 0.2) is 11.5 Å². The fourth-order valence-corrected chi connectivity index (χ4v) is 3.01. The summed E-state index contributed by atoms with van der Waals surface area (Å²) in [6.45, 7) is 0. The van der Waals surface area contributed by atoms with Gasteiger partial charge in [0.25, 0.3) is 0 Å². The van der Waals surface area contributed by atoms with Crippen LogP contribution in [0.1, 0.15) is 27.0 Å². The third-order valence-electron chi connectivity index (χ3n) is 3.91. The number of aldehydes is 1. The van der Waals surface area contributed by atoms with Gasteiger partial charge >= 0.3 is 12.1 Å². The second-order valence-electron chi connectivity index (χ2n) is 6.04. The van der Waals surface area contributed by atoms with Gasteiger partial charge in [0.1, 0.15) is 11.3 Å². The maximum Gasteiger partial charge on any atom is 0.420 e. The number of hydrogen-bond donors (Lipinski definition) is 2. The Morgan fingerprint density at radius 1 is 1.00 bits per heavy atom. The van der Waals surface area contributed by atoms with Crippen molar-refractivity contribution < 1.29 is 47.2 Å². The second-order valence-corrected chi connectivity index (χ2v) is 7.02. The van der Waals surface area contributed by atoms with Gasteiger partial charge in [0.2, 0.25) is 10.1 Å². The van der Waals surface area contributed by atoms with Gasteiger partial charge < -0.3 is 24.4 Å². The molecule has 0 aliphatic carbocycles. The number of halogens is 4. The predicted octanol–water partition coefficient (Wildman–Crippen LogP) is 3.68. The van der Waals surface area contributed by atoms with E-state index in [4.69, 9.17) is 14.2 Å². The van der Waals surface area contributed by atoms with E-state index in [2.05, 4.69) is 0 Å². The largest absolute Gasteiger partial charge is 0.493 e. The van der Waals surface area contributed by atoms with Crippen molar-refractivity contribution >= 4 is 44.8 Å². The molecule has 0 saturated heterocycles. The van der Waals surface area contributed by atoms with Crippen LogP contribution in [0.4, 0.5) is 13.2 Å². The van der Waals surface area contributed by atoms with Gasteiger partial charge in [-0.2, -0.15) is 13.2 Å². The summed E-state index contributed by atoms with van der Waals surface area (Å²) in [7, 11) is 2.31. The molecule has 7 nitrogen and oxygen atoms in total. The van der Waals surface area contributed by atoms with Crippen LogP contribution in [0.25, 0.3) is 12.2 Å². The Hall–Kier alpha value is -2.64. The summed E-state index contributed by atoms with van der Waals surface area (Å²) in [6, 6.07) is 6.19. The number of aliphatic hydroxyl groups is 2. The van der Waals surface area contributed by atoms with Gasteiger partial charge in [0.05, 0.1) is 19.8 Å². The van der Waals surface area contributed by atoms with E-state index in [-0.39, 0.29) is 28.9 Å². The Balaban J connectivity index is 2.50. The molecule has 0 heterocycles. The maximum atomic E-state index is 13.4. The first-order chi connectivity index (χ1) is 14.4. The molecule has 0 fully saturated rings. The van der Waals surface area contributed by atoms with Crippen molar-refractivity contribution in [3.8, 4) is 17.2 Å². The first kappa shape index (κ1) is 24.6. The van der Waals surface area contributed by atoms with E-state index >= 15 is 0 Å². The molecule has 0 aliphatic heterocycles. The minimum absolute atomic E-state index is 0.0439. The molecule has 2 rings (SSSR count). The van der Waals surface area contributed by atoms with Gasteiger partial charge in [-0.3, -0.25) is 9.59 Å². The Bertz CT molecular complexity index is 1020. The highest BCUT2D eigenvalue weighted by Gasteiger charge is 2.36. The summed E-state index contributed by atoms with van der Waals surface area (Å²) >= 11 is 1.44. The predicted molar refractivity (Wildman–Crippen MR) is 112 cm³/mol. The van der Waals surface area contributed by atoms with Gasteiger partial charge in [-0.05, 0) is 35.4 Å². The van der Waals surface area contributed by atoms with Crippen molar-refractivity contribution in [3.63, 3.8) is 0 Å². The zero-order valence-electron chi connectivity index (χ0n) is 16.1. The lowest BCUT2D eigenvalue weighted by Crippen LogP contribution is -2.37. The summed E-state index contributed by atoms with van der Waals surface area (Å²) in [5.74, 6) is -4.04. The smallest absolute Gasteiger partial charge is 0.420 e. The number of benzene rings is 2. The van der Waals surface area contributed by atoms with Crippen LogP contribution in [-0.4, -0.2) is 40.5 Å². The summed E-state index contributed by atoms with van der Waals surface area (Å²) in [4.78, 5) is 22.4. The van der Waals surface area contributed by atoms with E-state index in [9.17, 15) is 33.0 Å². The minimum atomic E-state index is -4.69. The average molecular weight is 552 g/mol. The molecule has 0 bridgehead atoms. The molecule has 0 spiro atoms. The molecule has 0 atom stereocenters. The monoisotopic (exact) mass is 552 g/mol. The lowest BCUT2D eigenvalue weighted by Gasteiger charge is -2.18. The summed E-state index contributed by atoms with van der Waals surface area (Å²) in [5, 5.41) is 18.8. The van der Waals surface area contributed by atoms with E-state index < -0.39 is 27.3 Å². The average Bonchev–Trinajstić information content (AvgIpc) is 2.70. The van der Waals surface area contributed by atoms with Crippen LogP contribution >= 0.6 is 22.6 Å². The van der Waals surface area contributed by atoms with Crippen molar-refractivity contribution in [1.29, 1.82) is 0 Å². The number of carbonyl (C=O) groups excluding carboxylic acids is 2. The molecule has 0 aliphatic rings. The standard InChI is InChI=1S/C20H16F3IO7/c1-29-16-9-12(7-14(17(16)30-2)20(21,22)23)4-3-11-5-6-13(18(24)26)15(8-11)31-19(27,28)10-25/h3-10,27-28H,1-2H3/b4-3-. The molecule has 0 unspecified atom stereocenters. The molecule has 0 radical (unpaired) electrons. The topological polar surface area (TPSA) is 102 Å². The van der Waals surface area contributed by atoms with Crippen LogP contribution in [0.2, 0.25) is 0 Å². The fourth-order valence-electron chi connectivity index (χ4n) is 2.56. The highest BCUT2D eigenvalue weighted by molar-refractivity contribution is 14.1. The van der Waals surface area contributed by atoms with Gasteiger partial charge in [0, 0.05) is 22.6 Å². The van der Waals surface area contributed by atoms with E-state index in [1.165, 1.54) is 66.1 Å². The molecule has 2 aromatic rings. The third-order valence-corrected chi connectivity index (χ3v) is 4.49. The Morgan fingerprint density at radius 2 is 1.61 bits per heavy atom. The van der Waals surface area contributed by atoms with E-state index in [1.54, 1.807) is 0 Å². The van der Waals surface area contributed by atoms with E-state index in [0.29, 0.717) is 5.56 Å². The van der Waals surface area contributed by atoms with Gasteiger partial charge in [-0.15, -0.1) is 0 Å². The number of methoxy groups -OCH3 is 2. The number of alkyl halides is 3. The molecule has 11 heteroatoms. The Morgan fingerprint density at radius 3 is 2.13 bits per heavy atom. The first-order valence-corrected chi connectivity index (χ1v) is 9.45. The Kier molecular flexibility index (Phi) is 7.68. The SMILES string of the molecule is COc1cc(/C=C\c2ccc(C(=O)I)c(OC(O)(O)C=O)c2)cc(C(F)(F)F)c1OC. The maximum absolute atomic E-state index is 13.4. The lowest BCUT2D eigenvalue weighted by molar-refractivity contribution is -0.261. The van der Waals surface area contributed by atoms with Crippen LogP contribution in [0.3, 0.4) is 0 Å². The van der Waals surface area contributed by atoms with Crippen LogP contribution in [0.15, 0.2) is 30.3 Å². The van der Waals surface area contributed by atoms with Gasteiger partial charge in [-0.1, -0.05) is 18.2 Å². The summed E-state index contributed by atoms with van der Waals surface area (Å²) < 4.78 is 54.2. The minimum Gasteiger partial charge on any atom is -0.493 e. The van der Waals surface area contributed by atoms with E-state index in [0.717, 1.165) is 13.2 Å². The second kappa shape index (κ2) is 9.66. The number of carbonyl (C=O) groups is 2. The zero-order chi connectivity index (χ0) is 23.4. The van der Waals surface area contributed by atoms with E-state index in [1.807, 2.05) is 0 Å². The molecule has 2 N–H and O–H groups in total. The zero-order valence-corrected chi connectivity index (χ0v) is 18.2. The molecule has 0 aromatic heterocycles. The molecule has 0 amide bonds. The third kappa shape index (κ3) is 6.18. The van der Waals surface area contributed by atoms with Crippen LogP contribution in [0, 0.1) is 0 Å². The quantitative estimate of drug-likeness (QED) is 0.170. The van der Waals surface area contributed by atoms with Crippen LogP contribution in [0.5, 0.6) is 17.2 Å². The van der Waals surface area contributed by atoms with Crippen molar-refractivity contribution in [1.82, 2.24) is 0 Å². The first-order valence-electron chi connectivity index (χ1n) is 8.37. The lowest BCUT2D eigenvalue weighted by atomic mass is 10.1. The highest BCUT2D eigenvalue weighted by Crippen LogP contribution is 2.42. The van der Waals surface area contributed by atoms with Crippen molar-refractivity contribution in [2.75, 3.05) is 14.2 Å². The Labute approximate surface area is 188 Å². The van der Waals surface area contributed by atoms with Crippen molar-refractivity contribution in [3.05, 3.63) is 52.6 Å². The molecule has 0 saturated carbocycles. The highest BCUT2D eigenvalue weighted by atomic mass is 127. The molecule has 166 valence electrons. The van der Waals surface area contributed by atoms with Crippen LogP contribution < -0.4 is 14.2 Å². The normalized spacial score (nSPS) is 12.0. The molecular weight excluding hydrogens is 536 g/mol. The number of ether oxygens (including phenoxy) is 3.